The molecule has 0 bridgehead atoms. The van der Waals surface area contributed by atoms with Crippen LogP contribution in [0.1, 0.15) is 17.3 Å². The van der Waals surface area contributed by atoms with Crippen molar-refractivity contribution in [3.63, 3.8) is 0 Å². The number of rotatable bonds is 8. The quantitative estimate of drug-likeness (QED) is 0.601. The molecule has 29 heavy (non-hydrogen) atoms. The highest BCUT2D eigenvalue weighted by Gasteiger charge is 2.22. The monoisotopic (exact) mass is 441 g/mol. The molecule has 0 amide bonds. The summed E-state index contributed by atoms with van der Waals surface area (Å²) in [6.07, 6.45) is 0. The van der Waals surface area contributed by atoms with Gasteiger partial charge in [-0.25, -0.2) is 25.9 Å². The van der Waals surface area contributed by atoms with Crippen molar-refractivity contribution in [2.75, 3.05) is 37.8 Å². The molecule has 0 aromatic heterocycles. The van der Waals surface area contributed by atoms with Crippen LogP contribution in [0.2, 0.25) is 0 Å². The van der Waals surface area contributed by atoms with E-state index in [-0.39, 0.29) is 21.0 Å². The molecule has 0 aliphatic heterocycles. The van der Waals surface area contributed by atoms with Gasteiger partial charge in [0.2, 0.25) is 10.0 Å². The van der Waals surface area contributed by atoms with Gasteiger partial charge >= 0.3 is 5.97 Å². The lowest BCUT2D eigenvalue weighted by Gasteiger charge is -2.17. The number of methoxy groups -OCH3 is 1. The van der Waals surface area contributed by atoms with Crippen LogP contribution >= 0.6 is 0 Å². The maximum absolute atomic E-state index is 12.8. The smallest absolute Gasteiger partial charge is 0.337 e. The number of esters is 1. The van der Waals surface area contributed by atoms with Gasteiger partial charge in [-0.2, -0.15) is 0 Å². The molecule has 0 radical (unpaired) electrons. The Bertz CT molecular complexity index is 1090. The second kappa shape index (κ2) is 8.80. The van der Waals surface area contributed by atoms with E-state index < -0.39 is 26.0 Å². The van der Waals surface area contributed by atoms with Crippen LogP contribution in [0.5, 0.6) is 0 Å². The van der Waals surface area contributed by atoms with Crippen molar-refractivity contribution in [1.82, 2.24) is 4.31 Å². The number of anilines is 2. The summed E-state index contributed by atoms with van der Waals surface area (Å²) in [4.78, 5) is 11.4. The van der Waals surface area contributed by atoms with Crippen LogP contribution in [0.4, 0.5) is 11.4 Å². The number of carbonyl (C=O) groups is 1. The summed E-state index contributed by atoms with van der Waals surface area (Å²) in [6.45, 7) is 2.33. The highest BCUT2D eigenvalue weighted by Crippen LogP contribution is 2.29. The molecule has 0 aliphatic carbocycles. The Balaban J connectivity index is 2.46. The van der Waals surface area contributed by atoms with Gasteiger partial charge in [-0.15, -0.1) is 0 Å². The van der Waals surface area contributed by atoms with E-state index in [9.17, 15) is 21.6 Å². The number of nitrogens with one attached hydrogen (secondary N) is 2. The molecule has 2 N–H and O–H groups in total. The van der Waals surface area contributed by atoms with E-state index in [4.69, 9.17) is 0 Å². The molecule has 0 atom stereocenters. The highest BCUT2D eigenvalue weighted by atomic mass is 32.2. The van der Waals surface area contributed by atoms with Gasteiger partial charge in [0.05, 0.1) is 33.8 Å². The summed E-state index contributed by atoms with van der Waals surface area (Å²) >= 11 is 0. The van der Waals surface area contributed by atoms with E-state index in [1.165, 1.54) is 63.7 Å². The Hall–Kier alpha value is -2.63. The summed E-state index contributed by atoms with van der Waals surface area (Å²) in [5.74, 6) is -0.585. The number of nitrogens with zero attached hydrogens (tertiary/aromatic N) is 1. The molecule has 2 rings (SSSR count). The molecule has 158 valence electrons. The molecular weight excluding hydrogens is 418 g/mol. The first-order chi connectivity index (χ1) is 13.5. The SMILES string of the molecule is CCNc1ccc(S(=O)(=O)N(C)C)cc1NS(=O)(=O)c1ccc(C(=O)OC)cc1. The Morgan fingerprint density at radius 1 is 0.966 bits per heavy atom. The molecule has 9 nitrogen and oxygen atoms in total. The van der Waals surface area contributed by atoms with E-state index >= 15 is 0 Å². The van der Waals surface area contributed by atoms with E-state index in [0.717, 1.165) is 4.31 Å². The minimum absolute atomic E-state index is 0.0529. The van der Waals surface area contributed by atoms with Crippen molar-refractivity contribution in [2.24, 2.45) is 0 Å². The standard InChI is InChI=1S/C18H23N3O6S2/c1-5-19-16-11-10-15(29(25,26)21(2)3)12-17(16)20-28(23,24)14-8-6-13(7-9-14)18(22)27-4/h6-12,19-20H,5H2,1-4H3. The minimum Gasteiger partial charge on any atom is -0.465 e. The van der Waals surface area contributed by atoms with Crippen molar-refractivity contribution >= 4 is 37.4 Å². The largest absolute Gasteiger partial charge is 0.465 e. The van der Waals surface area contributed by atoms with Crippen molar-refractivity contribution < 1.29 is 26.4 Å². The van der Waals surface area contributed by atoms with Crippen molar-refractivity contribution in [3.05, 3.63) is 48.0 Å². The van der Waals surface area contributed by atoms with E-state index in [2.05, 4.69) is 14.8 Å². The predicted molar refractivity (Wildman–Crippen MR) is 110 cm³/mol. The Labute approximate surface area is 170 Å². The van der Waals surface area contributed by atoms with Gasteiger partial charge < -0.3 is 10.1 Å². The van der Waals surface area contributed by atoms with Gasteiger partial charge in [-0.3, -0.25) is 4.72 Å². The number of ether oxygens (including phenoxy) is 1. The second-order valence-electron chi connectivity index (χ2n) is 6.15. The zero-order valence-electron chi connectivity index (χ0n) is 16.5. The number of sulfonamides is 2. The minimum atomic E-state index is -4.04. The first kappa shape index (κ1) is 22.7. The fourth-order valence-corrected chi connectivity index (χ4v) is 4.41. The third-order valence-electron chi connectivity index (χ3n) is 3.97. The number of carbonyl (C=O) groups excluding carboxylic acids is 1. The average molecular weight is 442 g/mol. The molecular formula is C18H23N3O6S2. The normalized spacial score (nSPS) is 11.9. The number of hydrogen-bond donors (Lipinski definition) is 2. The van der Waals surface area contributed by atoms with Crippen LogP contribution in [0.3, 0.4) is 0 Å². The predicted octanol–water partition coefficient (Wildman–Crippen LogP) is 1.96. The van der Waals surface area contributed by atoms with Gasteiger partial charge in [-0.1, -0.05) is 0 Å². The average Bonchev–Trinajstić information content (AvgIpc) is 2.68. The van der Waals surface area contributed by atoms with Gasteiger partial charge in [0.1, 0.15) is 0 Å². The van der Waals surface area contributed by atoms with Crippen molar-refractivity contribution in [1.29, 1.82) is 0 Å². The van der Waals surface area contributed by atoms with Crippen LogP contribution < -0.4 is 10.0 Å². The van der Waals surface area contributed by atoms with Gasteiger partial charge in [-0.05, 0) is 49.4 Å². The van der Waals surface area contributed by atoms with Crippen molar-refractivity contribution in [2.45, 2.75) is 16.7 Å². The summed E-state index contributed by atoms with van der Waals surface area (Å²) in [6, 6.07) is 9.35. The number of benzene rings is 2. The maximum atomic E-state index is 12.8. The summed E-state index contributed by atoms with van der Waals surface area (Å²) in [7, 11) is -3.78. The maximum Gasteiger partial charge on any atom is 0.337 e. The Kier molecular flexibility index (Phi) is 6.88. The topological polar surface area (TPSA) is 122 Å². The lowest BCUT2D eigenvalue weighted by molar-refractivity contribution is 0.0600. The van der Waals surface area contributed by atoms with Crippen LogP contribution in [0.15, 0.2) is 52.3 Å². The molecule has 0 fully saturated rings. The summed E-state index contributed by atoms with van der Waals surface area (Å²) in [5, 5.41) is 2.99. The Morgan fingerprint density at radius 2 is 1.55 bits per heavy atom. The fraction of sp³-hybridized carbons (Fsp3) is 0.278. The zero-order chi connectivity index (χ0) is 21.8. The van der Waals surface area contributed by atoms with Crippen LogP contribution in [0, 0.1) is 0 Å². The molecule has 0 aliphatic rings. The van der Waals surface area contributed by atoms with Gasteiger partial charge in [0.25, 0.3) is 10.0 Å². The Morgan fingerprint density at radius 3 is 2.07 bits per heavy atom. The van der Waals surface area contributed by atoms with Crippen LogP contribution in [-0.4, -0.2) is 54.9 Å². The molecule has 2 aromatic carbocycles. The highest BCUT2D eigenvalue weighted by molar-refractivity contribution is 7.92. The lowest BCUT2D eigenvalue weighted by atomic mass is 10.2. The molecule has 0 saturated carbocycles. The van der Waals surface area contributed by atoms with Gasteiger partial charge in [0, 0.05) is 20.6 Å². The molecule has 11 heteroatoms. The van der Waals surface area contributed by atoms with Gasteiger partial charge in [0.15, 0.2) is 0 Å². The molecule has 0 unspecified atom stereocenters. The summed E-state index contributed by atoms with van der Waals surface area (Å²) in [5.41, 5.74) is 0.727. The van der Waals surface area contributed by atoms with E-state index in [0.29, 0.717) is 12.2 Å². The van der Waals surface area contributed by atoms with E-state index in [1.54, 1.807) is 0 Å². The summed E-state index contributed by atoms with van der Waals surface area (Å²) < 4.78 is 58.4. The zero-order valence-corrected chi connectivity index (χ0v) is 18.1. The third kappa shape index (κ3) is 5.05. The van der Waals surface area contributed by atoms with E-state index in [1.807, 2.05) is 6.92 Å². The number of hydrogen-bond acceptors (Lipinski definition) is 7. The molecule has 0 saturated heterocycles. The second-order valence-corrected chi connectivity index (χ2v) is 9.98. The molecule has 2 aromatic rings. The lowest BCUT2D eigenvalue weighted by Crippen LogP contribution is -2.22. The fourth-order valence-electron chi connectivity index (χ4n) is 2.42. The third-order valence-corrected chi connectivity index (χ3v) is 7.16. The first-order valence-electron chi connectivity index (χ1n) is 8.54. The van der Waals surface area contributed by atoms with Crippen LogP contribution in [0.25, 0.3) is 0 Å². The molecule has 0 spiro atoms. The first-order valence-corrected chi connectivity index (χ1v) is 11.5. The molecule has 0 heterocycles. The van der Waals surface area contributed by atoms with Crippen molar-refractivity contribution in [3.8, 4) is 0 Å². The van der Waals surface area contributed by atoms with Crippen LogP contribution in [-0.2, 0) is 24.8 Å².